The standard InChI is InChI=1S/C14H26N2O/c1-11-5-4-8-16(10-11)13(17)15-12-6-7-14(2,3)9-12/h11-12H,4-10H2,1-3H3,(H,15,17). The Hall–Kier alpha value is -0.730. The van der Waals surface area contributed by atoms with Gasteiger partial charge < -0.3 is 10.2 Å². The molecule has 3 nitrogen and oxygen atoms in total. The van der Waals surface area contributed by atoms with E-state index < -0.39 is 0 Å². The van der Waals surface area contributed by atoms with E-state index in [-0.39, 0.29) is 6.03 Å². The number of rotatable bonds is 1. The van der Waals surface area contributed by atoms with E-state index in [0.717, 1.165) is 32.4 Å². The molecule has 2 fully saturated rings. The fraction of sp³-hybridized carbons (Fsp3) is 0.929. The Balaban J connectivity index is 1.81. The lowest BCUT2D eigenvalue weighted by atomic mass is 9.92. The van der Waals surface area contributed by atoms with Crippen molar-refractivity contribution >= 4 is 6.03 Å². The molecule has 1 saturated carbocycles. The number of nitrogens with zero attached hydrogens (tertiary/aromatic N) is 1. The molecule has 0 aromatic carbocycles. The van der Waals surface area contributed by atoms with Crippen molar-refractivity contribution in [2.75, 3.05) is 13.1 Å². The van der Waals surface area contributed by atoms with Crippen molar-refractivity contribution in [3.63, 3.8) is 0 Å². The van der Waals surface area contributed by atoms with Crippen LogP contribution in [0.4, 0.5) is 4.79 Å². The molecular formula is C14H26N2O. The van der Waals surface area contributed by atoms with Gasteiger partial charge in [0, 0.05) is 19.1 Å². The second-order valence-corrected chi connectivity index (χ2v) is 6.75. The molecule has 0 aromatic rings. The quantitative estimate of drug-likeness (QED) is 0.748. The van der Waals surface area contributed by atoms with E-state index in [1.807, 2.05) is 4.90 Å². The van der Waals surface area contributed by atoms with Crippen LogP contribution in [0.5, 0.6) is 0 Å². The van der Waals surface area contributed by atoms with Crippen molar-refractivity contribution in [1.82, 2.24) is 10.2 Å². The first-order chi connectivity index (χ1) is 7.96. The topological polar surface area (TPSA) is 32.3 Å². The predicted octanol–water partition coefficient (Wildman–Crippen LogP) is 3.01. The number of amides is 2. The van der Waals surface area contributed by atoms with Crippen LogP contribution in [-0.2, 0) is 0 Å². The Morgan fingerprint density at radius 3 is 2.71 bits per heavy atom. The Labute approximate surface area is 105 Å². The molecule has 0 spiro atoms. The third-order valence-corrected chi connectivity index (χ3v) is 4.24. The Morgan fingerprint density at radius 1 is 1.35 bits per heavy atom. The number of carbonyl (C=O) groups excluding carboxylic acids is 1. The molecule has 2 unspecified atom stereocenters. The zero-order valence-electron chi connectivity index (χ0n) is 11.5. The Bertz CT molecular complexity index is 288. The van der Waals surface area contributed by atoms with Gasteiger partial charge in [-0.25, -0.2) is 4.79 Å². The van der Waals surface area contributed by atoms with Gasteiger partial charge in [0.2, 0.25) is 0 Å². The monoisotopic (exact) mass is 238 g/mol. The van der Waals surface area contributed by atoms with Gasteiger partial charge in [-0.2, -0.15) is 0 Å². The lowest BCUT2D eigenvalue weighted by Crippen LogP contribution is -2.47. The van der Waals surface area contributed by atoms with Crippen molar-refractivity contribution in [2.45, 2.75) is 58.9 Å². The molecule has 2 amide bonds. The lowest BCUT2D eigenvalue weighted by molar-refractivity contribution is 0.166. The third-order valence-electron chi connectivity index (χ3n) is 4.24. The van der Waals surface area contributed by atoms with E-state index in [1.165, 1.54) is 12.8 Å². The molecule has 1 N–H and O–H groups in total. The normalized spacial score (nSPS) is 32.5. The summed E-state index contributed by atoms with van der Waals surface area (Å²) < 4.78 is 0. The van der Waals surface area contributed by atoms with Gasteiger partial charge in [-0.15, -0.1) is 0 Å². The zero-order chi connectivity index (χ0) is 12.5. The second-order valence-electron chi connectivity index (χ2n) is 6.75. The summed E-state index contributed by atoms with van der Waals surface area (Å²) in [5.74, 6) is 0.662. The van der Waals surface area contributed by atoms with Gasteiger partial charge in [0.15, 0.2) is 0 Å². The summed E-state index contributed by atoms with van der Waals surface area (Å²) >= 11 is 0. The van der Waals surface area contributed by atoms with Crippen molar-refractivity contribution < 1.29 is 4.79 Å². The van der Waals surface area contributed by atoms with Crippen LogP contribution in [0, 0.1) is 11.3 Å². The molecule has 98 valence electrons. The molecule has 1 saturated heterocycles. The molecule has 2 rings (SSSR count). The van der Waals surface area contributed by atoms with Crippen LogP contribution < -0.4 is 5.32 Å². The molecular weight excluding hydrogens is 212 g/mol. The van der Waals surface area contributed by atoms with Gasteiger partial charge >= 0.3 is 6.03 Å². The van der Waals surface area contributed by atoms with Crippen LogP contribution in [-0.4, -0.2) is 30.1 Å². The maximum absolute atomic E-state index is 12.1. The van der Waals surface area contributed by atoms with Crippen molar-refractivity contribution in [3.8, 4) is 0 Å². The van der Waals surface area contributed by atoms with Crippen LogP contribution in [0.25, 0.3) is 0 Å². The number of carbonyl (C=O) groups is 1. The number of nitrogens with one attached hydrogen (secondary N) is 1. The molecule has 2 atom stereocenters. The summed E-state index contributed by atoms with van der Waals surface area (Å²) in [7, 11) is 0. The Kier molecular flexibility index (Phi) is 3.64. The number of hydrogen-bond donors (Lipinski definition) is 1. The minimum Gasteiger partial charge on any atom is -0.335 e. The summed E-state index contributed by atoms with van der Waals surface area (Å²) in [5.41, 5.74) is 0.410. The second kappa shape index (κ2) is 4.87. The first-order valence-corrected chi connectivity index (χ1v) is 7.02. The SMILES string of the molecule is CC1CCCN(C(=O)NC2CCC(C)(C)C2)C1. The molecule has 1 aliphatic carbocycles. The van der Waals surface area contributed by atoms with Gasteiger partial charge in [-0.3, -0.25) is 0 Å². The zero-order valence-corrected chi connectivity index (χ0v) is 11.5. The van der Waals surface area contributed by atoms with Gasteiger partial charge in [0.25, 0.3) is 0 Å². The summed E-state index contributed by atoms with van der Waals surface area (Å²) in [4.78, 5) is 14.1. The van der Waals surface area contributed by atoms with Crippen LogP contribution in [0.3, 0.4) is 0 Å². The molecule has 3 heteroatoms. The Morgan fingerprint density at radius 2 is 2.12 bits per heavy atom. The number of likely N-dealkylation sites (tertiary alicyclic amines) is 1. The summed E-state index contributed by atoms with van der Waals surface area (Å²) in [5, 5.41) is 3.21. The van der Waals surface area contributed by atoms with E-state index >= 15 is 0 Å². The first-order valence-electron chi connectivity index (χ1n) is 7.02. The highest BCUT2D eigenvalue weighted by molar-refractivity contribution is 5.74. The highest BCUT2D eigenvalue weighted by Crippen LogP contribution is 2.36. The maximum Gasteiger partial charge on any atom is 0.317 e. The minimum absolute atomic E-state index is 0.166. The lowest BCUT2D eigenvalue weighted by Gasteiger charge is -2.32. The van der Waals surface area contributed by atoms with Gasteiger partial charge in [-0.05, 0) is 43.4 Å². The van der Waals surface area contributed by atoms with E-state index in [2.05, 4.69) is 26.1 Å². The van der Waals surface area contributed by atoms with E-state index in [1.54, 1.807) is 0 Å². The van der Waals surface area contributed by atoms with Crippen LogP contribution in [0.2, 0.25) is 0 Å². The third kappa shape index (κ3) is 3.36. The van der Waals surface area contributed by atoms with Crippen molar-refractivity contribution in [2.24, 2.45) is 11.3 Å². The van der Waals surface area contributed by atoms with Gasteiger partial charge in [0.1, 0.15) is 0 Å². The van der Waals surface area contributed by atoms with Gasteiger partial charge in [-0.1, -0.05) is 20.8 Å². The average molecular weight is 238 g/mol. The van der Waals surface area contributed by atoms with Crippen molar-refractivity contribution in [1.29, 1.82) is 0 Å². The minimum atomic E-state index is 0.166. The molecule has 1 aliphatic heterocycles. The highest BCUT2D eigenvalue weighted by atomic mass is 16.2. The van der Waals surface area contributed by atoms with E-state index in [9.17, 15) is 4.79 Å². The van der Waals surface area contributed by atoms with E-state index in [4.69, 9.17) is 0 Å². The molecule has 2 aliphatic rings. The van der Waals surface area contributed by atoms with Crippen LogP contribution >= 0.6 is 0 Å². The number of urea groups is 1. The first kappa shape index (κ1) is 12.7. The largest absolute Gasteiger partial charge is 0.335 e. The van der Waals surface area contributed by atoms with E-state index in [0.29, 0.717) is 17.4 Å². The van der Waals surface area contributed by atoms with Crippen LogP contribution in [0.15, 0.2) is 0 Å². The van der Waals surface area contributed by atoms with Crippen molar-refractivity contribution in [3.05, 3.63) is 0 Å². The fourth-order valence-electron chi connectivity index (χ4n) is 3.20. The number of hydrogen-bond acceptors (Lipinski definition) is 1. The smallest absolute Gasteiger partial charge is 0.317 e. The summed E-state index contributed by atoms with van der Waals surface area (Å²) in [6.45, 7) is 8.69. The maximum atomic E-state index is 12.1. The molecule has 0 aromatic heterocycles. The molecule has 0 radical (unpaired) electrons. The summed E-state index contributed by atoms with van der Waals surface area (Å²) in [6.07, 6.45) is 5.92. The molecule has 17 heavy (non-hydrogen) atoms. The number of piperidine rings is 1. The highest BCUT2D eigenvalue weighted by Gasteiger charge is 2.32. The summed E-state index contributed by atoms with van der Waals surface area (Å²) in [6, 6.07) is 0.564. The fourth-order valence-corrected chi connectivity index (χ4v) is 3.20. The van der Waals surface area contributed by atoms with Crippen LogP contribution in [0.1, 0.15) is 52.9 Å². The molecule has 1 heterocycles. The molecule has 0 bridgehead atoms. The average Bonchev–Trinajstić information content (AvgIpc) is 2.58. The predicted molar refractivity (Wildman–Crippen MR) is 69.9 cm³/mol. The van der Waals surface area contributed by atoms with Gasteiger partial charge in [0.05, 0.1) is 0 Å².